The number of ether oxygens (including phenoxy) is 2. The molecule has 18 heavy (non-hydrogen) atoms. The summed E-state index contributed by atoms with van der Waals surface area (Å²) < 4.78 is 10.5. The van der Waals surface area contributed by atoms with Gasteiger partial charge >= 0.3 is 6.09 Å². The van der Waals surface area contributed by atoms with Gasteiger partial charge in [0.2, 0.25) is 5.88 Å². The van der Waals surface area contributed by atoms with Crippen molar-refractivity contribution in [1.29, 1.82) is 0 Å². The monoisotopic (exact) mass is 252 g/mol. The molecule has 1 aromatic heterocycles. The van der Waals surface area contributed by atoms with Crippen LogP contribution in [0.1, 0.15) is 33.3 Å². The van der Waals surface area contributed by atoms with E-state index < -0.39 is 11.7 Å². The van der Waals surface area contributed by atoms with E-state index in [1.165, 1.54) is 0 Å². The van der Waals surface area contributed by atoms with Crippen LogP contribution in [-0.4, -0.2) is 23.3 Å². The standard InChI is InChI=1S/C13H20N2O3/c1-5-17-11-10(7-6-8-14-11)9-15-12(16)18-13(2,3)4/h6-8H,5,9H2,1-4H3,(H,15,16). The highest BCUT2D eigenvalue weighted by Crippen LogP contribution is 2.14. The van der Waals surface area contributed by atoms with Gasteiger partial charge in [0.15, 0.2) is 0 Å². The summed E-state index contributed by atoms with van der Waals surface area (Å²) in [6.45, 7) is 8.22. The fraction of sp³-hybridized carbons (Fsp3) is 0.538. The van der Waals surface area contributed by atoms with Crippen molar-refractivity contribution in [3.63, 3.8) is 0 Å². The Kier molecular flexibility index (Phi) is 4.95. The Morgan fingerprint density at radius 1 is 1.44 bits per heavy atom. The topological polar surface area (TPSA) is 60.5 Å². The smallest absolute Gasteiger partial charge is 0.407 e. The molecule has 0 fully saturated rings. The Hall–Kier alpha value is -1.78. The van der Waals surface area contributed by atoms with Crippen LogP contribution in [0, 0.1) is 0 Å². The Balaban J connectivity index is 2.55. The molecule has 1 N–H and O–H groups in total. The number of aromatic nitrogens is 1. The van der Waals surface area contributed by atoms with Crippen molar-refractivity contribution in [1.82, 2.24) is 10.3 Å². The van der Waals surface area contributed by atoms with E-state index >= 15 is 0 Å². The number of hydrogen-bond donors (Lipinski definition) is 1. The summed E-state index contributed by atoms with van der Waals surface area (Å²) >= 11 is 0. The van der Waals surface area contributed by atoms with Gasteiger partial charge in [-0.1, -0.05) is 6.07 Å². The van der Waals surface area contributed by atoms with Gasteiger partial charge in [0, 0.05) is 11.8 Å². The third-order valence-corrected chi connectivity index (χ3v) is 1.95. The van der Waals surface area contributed by atoms with Crippen LogP contribution in [0.3, 0.4) is 0 Å². The zero-order valence-corrected chi connectivity index (χ0v) is 11.3. The first-order valence-electron chi connectivity index (χ1n) is 5.96. The minimum Gasteiger partial charge on any atom is -0.478 e. The van der Waals surface area contributed by atoms with E-state index in [0.29, 0.717) is 19.0 Å². The number of alkyl carbamates (subject to hydrolysis) is 1. The summed E-state index contributed by atoms with van der Waals surface area (Å²) in [7, 11) is 0. The molecule has 0 aliphatic carbocycles. The lowest BCUT2D eigenvalue weighted by Crippen LogP contribution is -2.32. The maximum absolute atomic E-state index is 11.5. The fourth-order valence-corrected chi connectivity index (χ4v) is 1.31. The van der Waals surface area contributed by atoms with Crippen LogP contribution in [-0.2, 0) is 11.3 Å². The zero-order valence-electron chi connectivity index (χ0n) is 11.3. The predicted molar refractivity (Wildman–Crippen MR) is 68.5 cm³/mol. The van der Waals surface area contributed by atoms with Crippen molar-refractivity contribution in [2.45, 2.75) is 39.8 Å². The third kappa shape index (κ3) is 5.03. The van der Waals surface area contributed by atoms with Gasteiger partial charge in [-0.25, -0.2) is 9.78 Å². The van der Waals surface area contributed by atoms with Crippen LogP contribution in [0.2, 0.25) is 0 Å². The van der Waals surface area contributed by atoms with E-state index in [9.17, 15) is 4.79 Å². The average molecular weight is 252 g/mol. The molecule has 0 saturated carbocycles. The first kappa shape index (κ1) is 14.3. The van der Waals surface area contributed by atoms with Gasteiger partial charge in [0.25, 0.3) is 0 Å². The van der Waals surface area contributed by atoms with Crippen molar-refractivity contribution in [3.8, 4) is 5.88 Å². The van der Waals surface area contributed by atoms with Crippen molar-refractivity contribution >= 4 is 6.09 Å². The second-order valence-electron chi connectivity index (χ2n) is 4.76. The maximum Gasteiger partial charge on any atom is 0.407 e. The second kappa shape index (κ2) is 6.23. The first-order chi connectivity index (χ1) is 8.42. The van der Waals surface area contributed by atoms with Gasteiger partial charge in [-0.15, -0.1) is 0 Å². The number of amides is 1. The summed E-state index contributed by atoms with van der Waals surface area (Å²) in [5.41, 5.74) is 0.326. The molecule has 0 aromatic carbocycles. The van der Waals surface area contributed by atoms with Crippen molar-refractivity contribution in [2.24, 2.45) is 0 Å². The Morgan fingerprint density at radius 3 is 2.78 bits per heavy atom. The highest BCUT2D eigenvalue weighted by molar-refractivity contribution is 5.67. The van der Waals surface area contributed by atoms with Crippen LogP contribution >= 0.6 is 0 Å². The van der Waals surface area contributed by atoms with Gasteiger partial charge in [-0.3, -0.25) is 0 Å². The summed E-state index contributed by atoms with van der Waals surface area (Å²) in [6.07, 6.45) is 1.20. The molecule has 0 aliphatic heterocycles. The predicted octanol–water partition coefficient (Wildman–Crippen LogP) is 2.51. The van der Waals surface area contributed by atoms with Gasteiger partial charge in [-0.2, -0.15) is 0 Å². The molecule has 1 amide bonds. The molecule has 5 nitrogen and oxygen atoms in total. The van der Waals surface area contributed by atoms with Crippen LogP contribution in [0.15, 0.2) is 18.3 Å². The summed E-state index contributed by atoms with van der Waals surface area (Å²) in [5, 5.41) is 2.67. The zero-order chi connectivity index (χ0) is 13.6. The molecule has 0 aliphatic rings. The molecular weight excluding hydrogens is 232 g/mol. The summed E-state index contributed by atoms with van der Waals surface area (Å²) in [4.78, 5) is 15.6. The van der Waals surface area contributed by atoms with Gasteiger partial charge < -0.3 is 14.8 Å². The summed E-state index contributed by atoms with van der Waals surface area (Å²) in [6, 6.07) is 3.66. The van der Waals surface area contributed by atoms with Crippen LogP contribution in [0.5, 0.6) is 5.88 Å². The second-order valence-corrected chi connectivity index (χ2v) is 4.76. The van der Waals surface area contributed by atoms with E-state index in [4.69, 9.17) is 9.47 Å². The number of nitrogens with one attached hydrogen (secondary N) is 1. The quantitative estimate of drug-likeness (QED) is 0.894. The van der Waals surface area contributed by atoms with Crippen LogP contribution in [0.4, 0.5) is 4.79 Å². The summed E-state index contributed by atoms with van der Waals surface area (Å²) in [5.74, 6) is 0.538. The average Bonchev–Trinajstić information content (AvgIpc) is 2.26. The highest BCUT2D eigenvalue weighted by atomic mass is 16.6. The SMILES string of the molecule is CCOc1ncccc1CNC(=O)OC(C)(C)C. The lowest BCUT2D eigenvalue weighted by molar-refractivity contribution is 0.0523. The molecule has 100 valence electrons. The van der Waals surface area contributed by atoms with E-state index in [1.54, 1.807) is 12.3 Å². The molecular formula is C13H20N2O3. The van der Waals surface area contributed by atoms with E-state index in [-0.39, 0.29) is 0 Å². The molecule has 0 radical (unpaired) electrons. The number of nitrogens with zero attached hydrogens (tertiary/aromatic N) is 1. The molecule has 0 unspecified atom stereocenters. The lowest BCUT2D eigenvalue weighted by Gasteiger charge is -2.19. The first-order valence-corrected chi connectivity index (χ1v) is 5.96. The van der Waals surface area contributed by atoms with E-state index in [0.717, 1.165) is 5.56 Å². The molecule has 1 rings (SSSR count). The van der Waals surface area contributed by atoms with Crippen LogP contribution < -0.4 is 10.1 Å². The largest absolute Gasteiger partial charge is 0.478 e. The Morgan fingerprint density at radius 2 is 2.17 bits per heavy atom. The molecule has 1 aromatic rings. The van der Waals surface area contributed by atoms with Crippen molar-refractivity contribution < 1.29 is 14.3 Å². The normalized spacial score (nSPS) is 10.9. The van der Waals surface area contributed by atoms with Crippen molar-refractivity contribution in [3.05, 3.63) is 23.9 Å². The lowest BCUT2D eigenvalue weighted by atomic mass is 10.2. The van der Waals surface area contributed by atoms with E-state index in [2.05, 4.69) is 10.3 Å². The number of carbonyl (C=O) groups excluding carboxylic acids is 1. The molecule has 0 spiro atoms. The number of hydrogen-bond acceptors (Lipinski definition) is 4. The highest BCUT2D eigenvalue weighted by Gasteiger charge is 2.16. The van der Waals surface area contributed by atoms with Crippen LogP contribution in [0.25, 0.3) is 0 Å². The van der Waals surface area contributed by atoms with Gasteiger partial charge in [0.05, 0.1) is 13.2 Å². The molecule has 0 atom stereocenters. The molecule has 0 bridgehead atoms. The molecule has 0 saturated heterocycles. The molecule has 5 heteroatoms. The fourth-order valence-electron chi connectivity index (χ4n) is 1.31. The van der Waals surface area contributed by atoms with Gasteiger partial charge in [-0.05, 0) is 33.8 Å². The number of carbonyl (C=O) groups is 1. The van der Waals surface area contributed by atoms with E-state index in [1.807, 2.05) is 33.8 Å². The Bertz CT molecular complexity index is 399. The Labute approximate surface area is 108 Å². The van der Waals surface area contributed by atoms with Gasteiger partial charge in [0.1, 0.15) is 5.60 Å². The third-order valence-electron chi connectivity index (χ3n) is 1.95. The molecule has 1 heterocycles. The van der Waals surface area contributed by atoms with Crippen molar-refractivity contribution in [2.75, 3.05) is 6.61 Å². The number of rotatable bonds is 4. The number of pyridine rings is 1. The minimum atomic E-state index is -0.498. The maximum atomic E-state index is 11.5. The minimum absolute atomic E-state index is 0.331.